The zero-order chi connectivity index (χ0) is 16.6. The number of rotatable bonds is 4. The van der Waals surface area contributed by atoms with E-state index < -0.39 is 9.84 Å². The molecule has 0 unspecified atom stereocenters. The molecule has 3 N–H and O–H groups in total. The molecule has 0 aliphatic rings. The summed E-state index contributed by atoms with van der Waals surface area (Å²) in [5, 5.41) is 7.16. The predicted molar refractivity (Wildman–Crippen MR) is 94.3 cm³/mol. The summed E-state index contributed by atoms with van der Waals surface area (Å²) in [6.07, 6.45) is 0. The normalized spacial score (nSPS) is 11.3. The van der Waals surface area contributed by atoms with E-state index in [0.717, 1.165) is 5.69 Å². The molecular formula is C15H18ClN5O2S. The topological polar surface area (TPSA) is 102 Å². The van der Waals surface area contributed by atoms with Gasteiger partial charge in [-0.05, 0) is 25.1 Å². The molecule has 0 saturated heterocycles. The largest absolute Gasteiger partial charge is 0.370 e. The molecule has 0 fully saturated rings. The third-order valence-corrected chi connectivity index (χ3v) is 5.35. The van der Waals surface area contributed by atoms with Crippen molar-refractivity contribution in [2.75, 3.05) is 12.4 Å². The Morgan fingerprint density at radius 2 is 1.92 bits per heavy atom. The molecule has 0 spiro atoms. The van der Waals surface area contributed by atoms with Gasteiger partial charge in [-0.25, -0.2) is 17.9 Å². The number of halogens is 1. The summed E-state index contributed by atoms with van der Waals surface area (Å²) in [7, 11) is -2.13. The molecule has 24 heavy (non-hydrogen) atoms. The van der Waals surface area contributed by atoms with E-state index in [1.165, 1.54) is 4.52 Å². The Morgan fingerprint density at radius 3 is 2.50 bits per heavy atom. The van der Waals surface area contributed by atoms with E-state index in [-0.39, 0.29) is 40.2 Å². The van der Waals surface area contributed by atoms with Gasteiger partial charge >= 0.3 is 0 Å². The van der Waals surface area contributed by atoms with Crippen LogP contribution in [0.5, 0.6) is 0 Å². The number of nitrogens with zero attached hydrogens (tertiary/aromatic N) is 3. The summed E-state index contributed by atoms with van der Waals surface area (Å²) in [6.45, 7) is 2.06. The summed E-state index contributed by atoms with van der Waals surface area (Å²) in [5.41, 5.74) is 7.32. The van der Waals surface area contributed by atoms with Crippen molar-refractivity contribution < 1.29 is 8.42 Å². The average Bonchev–Trinajstić information content (AvgIpc) is 2.95. The molecule has 0 aliphatic carbocycles. The number of benzene rings is 1. The van der Waals surface area contributed by atoms with Crippen LogP contribution in [0.1, 0.15) is 11.4 Å². The second kappa shape index (κ2) is 6.76. The van der Waals surface area contributed by atoms with E-state index in [1.54, 1.807) is 43.4 Å². The second-order valence-corrected chi connectivity index (χ2v) is 6.96. The highest BCUT2D eigenvalue weighted by Crippen LogP contribution is 2.30. The fourth-order valence-electron chi connectivity index (χ4n) is 2.44. The number of sulfone groups is 1. The van der Waals surface area contributed by atoms with Crippen molar-refractivity contribution in [3.63, 3.8) is 0 Å². The zero-order valence-electron chi connectivity index (χ0n) is 13.2. The first-order valence-electron chi connectivity index (χ1n) is 7.06. The molecule has 3 aromatic rings. The van der Waals surface area contributed by atoms with Crippen LogP contribution >= 0.6 is 12.4 Å². The Balaban J connectivity index is 0.00000208. The Bertz CT molecular complexity index is 970. The minimum absolute atomic E-state index is 0. The van der Waals surface area contributed by atoms with Gasteiger partial charge in [0.15, 0.2) is 16.4 Å². The van der Waals surface area contributed by atoms with Gasteiger partial charge in [-0.3, -0.25) is 0 Å². The third kappa shape index (κ3) is 2.83. The molecule has 3 rings (SSSR count). The van der Waals surface area contributed by atoms with E-state index in [2.05, 4.69) is 15.4 Å². The van der Waals surface area contributed by atoms with Crippen LogP contribution in [0.15, 0.2) is 46.2 Å². The monoisotopic (exact) mass is 367 g/mol. The smallest absolute Gasteiger partial charge is 0.214 e. The maximum atomic E-state index is 13.0. The molecule has 128 valence electrons. The van der Waals surface area contributed by atoms with Gasteiger partial charge < -0.3 is 11.1 Å². The summed E-state index contributed by atoms with van der Waals surface area (Å²) in [5.74, 6) is 0.263. The first-order chi connectivity index (χ1) is 11.0. The number of hydrogen-bond donors (Lipinski definition) is 2. The standard InChI is InChI=1S/C15H17N5O2S.ClH/c1-10-8-11(9-16)18-15-13(14(17-2)19-20(10)15)23(21,22)12-6-4-3-5-7-12;/h3-8H,9,16H2,1-2H3,(H,17,19);1H. The van der Waals surface area contributed by atoms with Gasteiger partial charge in [-0.15, -0.1) is 17.5 Å². The van der Waals surface area contributed by atoms with E-state index in [1.807, 2.05) is 6.92 Å². The Hall–Kier alpha value is -2.16. The highest BCUT2D eigenvalue weighted by molar-refractivity contribution is 7.91. The molecule has 0 atom stereocenters. The van der Waals surface area contributed by atoms with Crippen LogP contribution in [0.2, 0.25) is 0 Å². The quantitative estimate of drug-likeness (QED) is 0.728. The van der Waals surface area contributed by atoms with Gasteiger partial charge in [0.1, 0.15) is 0 Å². The highest BCUT2D eigenvalue weighted by Gasteiger charge is 2.28. The van der Waals surface area contributed by atoms with E-state index >= 15 is 0 Å². The fourth-order valence-corrected chi connectivity index (χ4v) is 3.96. The van der Waals surface area contributed by atoms with Crippen LogP contribution in [0, 0.1) is 6.92 Å². The molecule has 2 aromatic heterocycles. The Kier molecular flexibility index (Phi) is 5.12. The zero-order valence-corrected chi connectivity index (χ0v) is 14.9. The molecule has 9 heteroatoms. The lowest BCUT2D eigenvalue weighted by molar-refractivity contribution is 0.597. The molecule has 0 saturated carbocycles. The Labute approximate surface area is 146 Å². The SMILES string of the molecule is CNc1nn2c(C)cc(CN)nc2c1S(=O)(=O)c1ccccc1.Cl. The second-order valence-electron chi connectivity index (χ2n) is 5.07. The molecular weight excluding hydrogens is 350 g/mol. The van der Waals surface area contributed by atoms with Crippen LogP contribution < -0.4 is 11.1 Å². The molecule has 7 nitrogen and oxygen atoms in total. The van der Waals surface area contributed by atoms with Gasteiger partial charge in [-0.2, -0.15) is 0 Å². The number of anilines is 1. The van der Waals surface area contributed by atoms with Crippen molar-refractivity contribution in [2.24, 2.45) is 5.73 Å². The lowest BCUT2D eigenvalue weighted by Gasteiger charge is -2.06. The van der Waals surface area contributed by atoms with Crippen molar-refractivity contribution in [1.82, 2.24) is 14.6 Å². The van der Waals surface area contributed by atoms with E-state index in [4.69, 9.17) is 5.73 Å². The number of nitrogens with two attached hydrogens (primary N) is 1. The third-order valence-electron chi connectivity index (χ3n) is 3.55. The van der Waals surface area contributed by atoms with Crippen molar-refractivity contribution in [1.29, 1.82) is 0 Å². The molecule has 1 aromatic carbocycles. The summed E-state index contributed by atoms with van der Waals surface area (Å²) in [4.78, 5) is 4.63. The summed E-state index contributed by atoms with van der Waals surface area (Å²) < 4.78 is 27.6. The summed E-state index contributed by atoms with van der Waals surface area (Å²) >= 11 is 0. The van der Waals surface area contributed by atoms with Crippen LogP contribution in [0.3, 0.4) is 0 Å². The average molecular weight is 368 g/mol. The van der Waals surface area contributed by atoms with Crippen LogP contribution in [-0.2, 0) is 16.4 Å². The van der Waals surface area contributed by atoms with Crippen LogP contribution in [0.4, 0.5) is 5.82 Å². The number of hydrogen-bond acceptors (Lipinski definition) is 6. The molecule has 2 heterocycles. The van der Waals surface area contributed by atoms with Gasteiger partial charge in [0.25, 0.3) is 0 Å². The maximum Gasteiger partial charge on any atom is 0.214 e. The lowest BCUT2D eigenvalue weighted by atomic mass is 10.3. The molecule has 0 bridgehead atoms. The van der Waals surface area contributed by atoms with Gasteiger partial charge in [0.2, 0.25) is 9.84 Å². The van der Waals surface area contributed by atoms with Crippen molar-refractivity contribution >= 4 is 33.7 Å². The Morgan fingerprint density at radius 1 is 1.25 bits per heavy atom. The van der Waals surface area contributed by atoms with Crippen LogP contribution in [0.25, 0.3) is 5.65 Å². The minimum Gasteiger partial charge on any atom is -0.370 e. The maximum absolute atomic E-state index is 13.0. The van der Waals surface area contributed by atoms with E-state index in [0.29, 0.717) is 5.69 Å². The van der Waals surface area contributed by atoms with Crippen molar-refractivity contribution in [3.05, 3.63) is 47.8 Å². The van der Waals surface area contributed by atoms with Crippen molar-refractivity contribution in [2.45, 2.75) is 23.3 Å². The number of aryl methyl sites for hydroxylation is 1. The van der Waals surface area contributed by atoms with Gasteiger partial charge in [-0.1, -0.05) is 18.2 Å². The predicted octanol–water partition coefficient (Wildman–Crippen LogP) is 1.79. The molecule has 0 aliphatic heterocycles. The van der Waals surface area contributed by atoms with Crippen molar-refractivity contribution in [3.8, 4) is 0 Å². The van der Waals surface area contributed by atoms with Gasteiger partial charge in [0.05, 0.1) is 10.6 Å². The number of aromatic nitrogens is 3. The molecule has 0 amide bonds. The lowest BCUT2D eigenvalue weighted by Crippen LogP contribution is -2.07. The van der Waals surface area contributed by atoms with E-state index in [9.17, 15) is 8.42 Å². The molecule has 0 radical (unpaired) electrons. The summed E-state index contributed by atoms with van der Waals surface area (Å²) in [6, 6.07) is 10.0. The first-order valence-corrected chi connectivity index (χ1v) is 8.54. The first kappa shape index (κ1) is 18.2. The highest BCUT2D eigenvalue weighted by atomic mass is 35.5. The minimum atomic E-state index is -3.76. The van der Waals surface area contributed by atoms with Crippen LogP contribution in [-0.4, -0.2) is 30.1 Å². The van der Waals surface area contributed by atoms with Gasteiger partial charge in [0, 0.05) is 19.3 Å². The fraction of sp³-hybridized carbons (Fsp3) is 0.200. The number of fused-ring (bicyclic) bond motifs is 1. The number of nitrogens with one attached hydrogen (secondary N) is 1.